The second-order valence-electron chi connectivity index (χ2n) is 5.04. The molecule has 0 aliphatic rings. The Morgan fingerprint density at radius 1 is 1.25 bits per heavy atom. The predicted octanol–water partition coefficient (Wildman–Crippen LogP) is 2.75. The van der Waals surface area contributed by atoms with Crippen molar-refractivity contribution >= 4 is 0 Å². The van der Waals surface area contributed by atoms with E-state index in [2.05, 4.69) is 20.8 Å². The van der Waals surface area contributed by atoms with E-state index in [1.54, 1.807) is 13.0 Å². The van der Waals surface area contributed by atoms with Gasteiger partial charge in [-0.05, 0) is 30.0 Å². The van der Waals surface area contributed by atoms with E-state index in [1.165, 1.54) is 7.11 Å². The molecule has 1 atom stereocenters. The molecule has 0 heterocycles. The number of hydrogen-bond acceptors (Lipinski definition) is 3. The fourth-order valence-corrected chi connectivity index (χ4v) is 1.60. The number of aliphatic hydroxyl groups excluding tert-OH is 1. The Morgan fingerprint density at radius 2 is 1.81 bits per heavy atom. The molecule has 0 spiro atoms. The smallest absolute Gasteiger partial charge is 0.166 e. The van der Waals surface area contributed by atoms with Crippen molar-refractivity contribution in [1.29, 1.82) is 0 Å². The summed E-state index contributed by atoms with van der Waals surface area (Å²) in [6.07, 6.45) is -0.664. The molecule has 16 heavy (non-hydrogen) atoms. The van der Waals surface area contributed by atoms with Crippen LogP contribution in [0.3, 0.4) is 0 Å². The maximum atomic E-state index is 9.85. The maximum absolute atomic E-state index is 9.85. The highest BCUT2D eigenvalue weighted by Gasteiger charge is 2.20. The fourth-order valence-electron chi connectivity index (χ4n) is 1.60. The quantitative estimate of drug-likeness (QED) is 0.812. The minimum Gasteiger partial charge on any atom is -0.504 e. The molecule has 90 valence electrons. The molecule has 0 saturated carbocycles. The van der Waals surface area contributed by atoms with Crippen LogP contribution in [-0.4, -0.2) is 17.3 Å². The molecule has 0 saturated heterocycles. The molecule has 1 aromatic rings. The van der Waals surface area contributed by atoms with Crippen molar-refractivity contribution in [3.05, 3.63) is 23.3 Å². The van der Waals surface area contributed by atoms with Crippen molar-refractivity contribution in [2.45, 2.75) is 39.2 Å². The van der Waals surface area contributed by atoms with Gasteiger partial charge in [0.25, 0.3) is 0 Å². The van der Waals surface area contributed by atoms with Gasteiger partial charge in [-0.25, -0.2) is 0 Å². The molecular formula is C13H20O3. The Balaban J connectivity index is 3.40. The molecular weight excluding hydrogens is 204 g/mol. The van der Waals surface area contributed by atoms with Crippen LogP contribution in [0.4, 0.5) is 0 Å². The van der Waals surface area contributed by atoms with Gasteiger partial charge in [0.2, 0.25) is 0 Å². The summed E-state index contributed by atoms with van der Waals surface area (Å²) < 4.78 is 5.10. The number of aliphatic hydroxyl groups is 1. The Bertz CT molecular complexity index is 375. The maximum Gasteiger partial charge on any atom is 0.166 e. The Labute approximate surface area is 96.7 Å². The monoisotopic (exact) mass is 224 g/mol. The van der Waals surface area contributed by atoms with E-state index < -0.39 is 6.10 Å². The van der Waals surface area contributed by atoms with E-state index in [4.69, 9.17) is 4.74 Å². The van der Waals surface area contributed by atoms with Crippen LogP contribution in [0, 0.1) is 0 Å². The normalized spacial score (nSPS) is 13.6. The van der Waals surface area contributed by atoms with Crippen LogP contribution < -0.4 is 4.74 Å². The zero-order valence-electron chi connectivity index (χ0n) is 10.5. The third kappa shape index (κ3) is 2.47. The summed E-state index contributed by atoms with van der Waals surface area (Å²) in [6.45, 7) is 7.82. The minimum atomic E-state index is -0.664. The van der Waals surface area contributed by atoms with Crippen molar-refractivity contribution in [2.75, 3.05) is 7.11 Å². The first kappa shape index (κ1) is 12.8. The molecule has 0 radical (unpaired) electrons. The zero-order chi connectivity index (χ0) is 12.5. The Kier molecular flexibility index (Phi) is 3.48. The standard InChI is InChI=1S/C13H20O3/c1-8(14)10-6-9(13(2,3)4)7-11(15)12(10)16-5/h6-8,14-15H,1-5H3. The summed E-state index contributed by atoms with van der Waals surface area (Å²) in [5, 5.41) is 19.5. The molecule has 0 bridgehead atoms. The first-order valence-corrected chi connectivity index (χ1v) is 5.36. The van der Waals surface area contributed by atoms with E-state index in [0.717, 1.165) is 5.56 Å². The van der Waals surface area contributed by atoms with Crippen LogP contribution in [0.5, 0.6) is 11.5 Å². The summed E-state index contributed by atoms with van der Waals surface area (Å²) in [5.41, 5.74) is 1.52. The molecule has 0 amide bonds. The lowest BCUT2D eigenvalue weighted by Gasteiger charge is -2.22. The predicted molar refractivity (Wildman–Crippen MR) is 64.0 cm³/mol. The molecule has 0 aromatic heterocycles. The van der Waals surface area contributed by atoms with Crippen molar-refractivity contribution < 1.29 is 14.9 Å². The van der Waals surface area contributed by atoms with E-state index >= 15 is 0 Å². The van der Waals surface area contributed by atoms with Crippen LogP contribution >= 0.6 is 0 Å². The molecule has 1 rings (SSSR count). The molecule has 1 aromatic carbocycles. The van der Waals surface area contributed by atoms with Gasteiger partial charge < -0.3 is 14.9 Å². The van der Waals surface area contributed by atoms with Crippen LogP contribution in [0.1, 0.15) is 44.9 Å². The fraction of sp³-hybridized carbons (Fsp3) is 0.538. The van der Waals surface area contributed by atoms with Crippen molar-refractivity contribution in [3.8, 4) is 11.5 Å². The summed E-state index contributed by atoms with van der Waals surface area (Å²) in [5.74, 6) is 0.425. The highest BCUT2D eigenvalue weighted by Crippen LogP contribution is 2.38. The van der Waals surface area contributed by atoms with Gasteiger partial charge in [-0.1, -0.05) is 20.8 Å². The molecule has 3 nitrogen and oxygen atoms in total. The van der Waals surface area contributed by atoms with Crippen molar-refractivity contribution in [1.82, 2.24) is 0 Å². The number of rotatable bonds is 2. The number of benzene rings is 1. The average molecular weight is 224 g/mol. The van der Waals surface area contributed by atoms with Crippen molar-refractivity contribution in [3.63, 3.8) is 0 Å². The third-order valence-electron chi connectivity index (χ3n) is 2.62. The van der Waals surface area contributed by atoms with Gasteiger partial charge in [-0.3, -0.25) is 0 Å². The van der Waals surface area contributed by atoms with Gasteiger partial charge in [0, 0.05) is 5.56 Å². The molecule has 1 unspecified atom stereocenters. The number of methoxy groups -OCH3 is 1. The number of phenols is 1. The number of hydrogen-bond donors (Lipinski definition) is 2. The average Bonchev–Trinajstić information content (AvgIpc) is 2.14. The lowest BCUT2D eigenvalue weighted by molar-refractivity contribution is 0.193. The van der Waals surface area contributed by atoms with Crippen LogP contribution in [0.25, 0.3) is 0 Å². The van der Waals surface area contributed by atoms with Gasteiger partial charge in [0.15, 0.2) is 11.5 Å². The van der Waals surface area contributed by atoms with Crippen LogP contribution in [0.15, 0.2) is 12.1 Å². The zero-order valence-corrected chi connectivity index (χ0v) is 10.5. The van der Waals surface area contributed by atoms with Gasteiger partial charge in [0.05, 0.1) is 13.2 Å². The van der Waals surface area contributed by atoms with Gasteiger partial charge in [-0.2, -0.15) is 0 Å². The van der Waals surface area contributed by atoms with Crippen molar-refractivity contribution in [2.24, 2.45) is 0 Å². The lowest BCUT2D eigenvalue weighted by Crippen LogP contribution is -2.12. The number of phenolic OH excluding ortho intramolecular Hbond substituents is 1. The molecule has 0 fully saturated rings. The molecule has 0 aliphatic heterocycles. The number of aromatic hydroxyl groups is 1. The van der Waals surface area contributed by atoms with E-state index in [-0.39, 0.29) is 11.2 Å². The van der Waals surface area contributed by atoms with E-state index in [9.17, 15) is 10.2 Å². The third-order valence-corrected chi connectivity index (χ3v) is 2.62. The van der Waals surface area contributed by atoms with Gasteiger partial charge >= 0.3 is 0 Å². The first-order chi connectivity index (χ1) is 7.27. The lowest BCUT2D eigenvalue weighted by atomic mass is 9.85. The second-order valence-corrected chi connectivity index (χ2v) is 5.04. The summed E-state index contributed by atoms with van der Waals surface area (Å²) >= 11 is 0. The largest absolute Gasteiger partial charge is 0.504 e. The highest BCUT2D eigenvalue weighted by molar-refractivity contribution is 5.50. The minimum absolute atomic E-state index is 0.0748. The number of ether oxygens (including phenoxy) is 1. The van der Waals surface area contributed by atoms with Gasteiger partial charge in [-0.15, -0.1) is 0 Å². The summed E-state index contributed by atoms with van der Waals surface area (Å²) in [7, 11) is 1.48. The summed E-state index contributed by atoms with van der Waals surface area (Å²) in [6, 6.07) is 3.56. The second kappa shape index (κ2) is 4.34. The Hall–Kier alpha value is -1.22. The van der Waals surface area contributed by atoms with Crippen LogP contribution in [-0.2, 0) is 5.41 Å². The van der Waals surface area contributed by atoms with Gasteiger partial charge in [0.1, 0.15) is 0 Å². The first-order valence-electron chi connectivity index (χ1n) is 5.36. The van der Waals surface area contributed by atoms with E-state index in [0.29, 0.717) is 11.3 Å². The molecule has 3 heteroatoms. The van der Waals surface area contributed by atoms with E-state index in [1.807, 2.05) is 6.07 Å². The Morgan fingerprint density at radius 3 is 2.19 bits per heavy atom. The molecule has 0 aliphatic carbocycles. The van der Waals surface area contributed by atoms with Crippen LogP contribution in [0.2, 0.25) is 0 Å². The topological polar surface area (TPSA) is 49.7 Å². The molecule has 2 N–H and O–H groups in total. The highest BCUT2D eigenvalue weighted by atomic mass is 16.5. The summed E-state index contributed by atoms with van der Waals surface area (Å²) in [4.78, 5) is 0. The SMILES string of the molecule is COc1c(O)cc(C(C)(C)C)cc1C(C)O.